The number of carbonyl (C=O) groups excluding carboxylic acids is 1. The van der Waals surface area contributed by atoms with Gasteiger partial charge in [0.1, 0.15) is 31.0 Å². The van der Waals surface area contributed by atoms with Crippen molar-refractivity contribution in [3.05, 3.63) is 35.9 Å². The fraction of sp³-hybridized carbons (Fsp3) is 0.650. The van der Waals surface area contributed by atoms with E-state index < -0.39 is 36.0 Å². The van der Waals surface area contributed by atoms with Gasteiger partial charge in [0, 0.05) is 0 Å². The van der Waals surface area contributed by atoms with Gasteiger partial charge in [-0.05, 0) is 33.3 Å². The van der Waals surface area contributed by atoms with Gasteiger partial charge in [0.25, 0.3) is 0 Å². The Morgan fingerprint density at radius 3 is 2.52 bits per heavy atom. The minimum Gasteiger partial charge on any atom is -0.387 e. The van der Waals surface area contributed by atoms with E-state index in [1.807, 2.05) is 30.3 Å². The molecular formula is C20H28O7. The Morgan fingerprint density at radius 2 is 1.81 bits per heavy atom. The van der Waals surface area contributed by atoms with E-state index in [0.717, 1.165) is 5.56 Å². The predicted octanol–water partition coefficient (Wildman–Crippen LogP) is 1.80. The summed E-state index contributed by atoms with van der Waals surface area (Å²) in [5, 5.41) is 10.8. The smallest absolute Gasteiger partial charge is 0.190 e. The number of carbonyl (C=O) groups is 1. The first-order valence-corrected chi connectivity index (χ1v) is 9.17. The number of hydrogen-bond acceptors (Lipinski definition) is 7. The van der Waals surface area contributed by atoms with Crippen LogP contribution in [0.1, 0.15) is 33.3 Å². The monoisotopic (exact) mass is 380 g/mol. The van der Waals surface area contributed by atoms with Crippen molar-refractivity contribution in [1.29, 1.82) is 0 Å². The molecule has 2 saturated heterocycles. The Hall–Kier alpha value is -1.35. The van der Waals surface area contributed by atoms with Crippen molar-refractivity contribution < 1.29 is 33.6 Å². The molecular weight excluding hydrogens is 352 g/mol. The third-order valence-corrected chi connectivity index (χ3v) is 4.55. The highest BCUT2D eigenvalue weighted by Crippen LogP contribution is 2.33. The van der Waals surface area contributed by atoms with Gasteiger partial charge in [-0.3, -0.25) is 4.79 Å². The molecule has 7 nitrogen and oxygen atoms in total. The van der Waals surface area contributed by atoms with Gasteiger partial charge in [0.2, 0.25) is 0 Å². The summed E-state index contributed by atoms with van der Waals surface area (Å²) in [5.74, 6) is -2.16. The fourth-order valence-electron chi connectivity index (χ4n) is 3.31. The van der Waals surface area contributed by atoms with Gasteiger partial charge in [0.05, 0.1) is 13.2 Å². The van der Waals surface area contributed by atoms with Gasteiger partial charge < -0.3 is 28.8 Å². The summed E-state index contributed by atoms with van der Waals surface area (Å²) in [4.78, 5) is 12.2. The van der Waals surface area contributed by atoms with Crippen LogP contribution in [0.5, 0.6) is 0 Å². The van der Waals surface area contributed by atoms with E-state index >= 15 is 0 Å². The molecule has 2 fully saturated rings. The van der Waals surface area contributed by atoms with Crippen molar-refractivity contribution >= 4 is 5.78 Å². The summed E-state index contributed by atoms with van der Waals surface area (Å²) >= 11 is 0. The second-order valence-electron chi connectivity index (χ2n) is 7.82. The maximum absolute atomic E-state index is 12.2. The molecule has 0 aromatic heterocycles. The van der Waals surface area contributed by atoms with Crippen LogP contribution < -0.4 is 0 Å². The molecule has 0 amide bonds. The molecule has 3 rings (SSSR count). The lowest BCUT2D eigenvalue weighted by atomic mass is 9.99. The molecule has 2 aliphatic rings. The zero-order valence-corrected chi connectivity index (χ0v) is 16.2. The molecule has 1 aromatic carbocycles. The maximum atomic E-state index is 12.2. The summed E-state index contributed by atoms with van der Waals surface area (Å²) in [6.07, 6.45) is -3.50. The fourth-order valence-corrected chi connectivity index (χ4v) is 3.31. The molecule has 150 valence electrons. The zero-order valence-electron chi connectivity index (χ0n) is 16.2. The van der Waals surface area contributed by atoms with Crippen LogP contribution in [0.25, 0.3) is 0 Å². The molecule has 0 unspecified atom stereocenters. The largest absolute Gasteiger partial charge is 0.387 e. The number of benzene rings is 1. The number of ether oxygens (including phenoxy) is 5. The van der Waals surface area contributed by atoms with Crippen molar-refractivity contribution in [2.45, 2.75) is 70.3 Å². The summed E-state index contributed by atoms with van der Waals surface area (Å²) < 4.78 is 28.5. The third-order valence-electron chi connectivity index (χ3n) is 4.55. The average molecular weight is 380 g/mol. The van der Waals surface area contributed by atoms with Gasteiger partial charge >= 0.3 is 0 Å². The molecule has 1 N–H and O–H groups in total. The van der Waals surface area contributed by atoms with E-state index in [4.69, 9.17) is 23.7 Å². The van der Waals surface area contributed by atoms with Crippen LogP contribution in [0.4, 0.5) is 0 Å². The summed E-state index contributed by atoms with van der Waals surface area (Å²) in [6.45, 7) is 7.47. The first kappa shape index (κ1) is 20.4. The molecule has 4 atom stereocenters. The van der Waals surface area contributed by atoms with Gasteiger partial charge in [-0.25, -0.2) is 0 Å². The van der Waals surface area contributed by atoms with E-state index in [9.17, 15) is 9.90 Å². The van der Waals surface area contributed by atoms with E-state index in [0.29, 0.717) is 6.61 Å². The lowest BCUT2D eigenvalue weighted by Crippen LogP contribution is -2.56. The minimum absolute atomic E-state index is 0.110. The van der Waals surface area contributed by atoms with Gasteiger partial charge in [-0.1, -0.05) is 30.3 Å². The Kier molecular flexibility index (Phi) is 6.00. The van der Waals surface area contributed by atoms with Crippen LogP contribution in [0.2, 0.25) is 0 Å². The van der Waals surface area contributed by atoms with Crippen molar-refractivity contribution in [2.24, 2.45) is 0 Å². The van der Waals surface area contributed by atoms with Crippen LogP contribution in [-0.4, -0.2) is 60.1 Å². The Bertz CT molecular complexity index is 643. The molecule has 0 aliphatic carbocycles. The maximum Gasteiger partial charge on any atom is 0.190 e. The number of ketones is 1. The van der Waals surface area contributed by atoms with Crippen molar-refractivity contribution in [3.63, 3.8) is 0 Å². The van der Waals surface area contributed by atoms with Gasteiger partial charge in [-0.15, -0.1) is 0 Å². The lowest BCUT2D eigenvalue weighted by Gasteiger charge is -2.38. The molecule has 2 aliphatic heterocycles. The summed E-state index contributed by atoms with van der Waals surface area (Å²) in [6, 6.07) is 9.77. The normalized spacial score (nSPS) is 31.0. The number of rotatable bonds is 6. The Morgan fingerprint density at radius 1 is 1.11 bits per heavy atom. The van der Waals surface area contributed by atoms with E-state index in [2.05, 4.69) is 0 Å². The Balaban J connectivity index is 1.65. The van der Waals surface area contributed by atoms with Crippen molar-refractivity contribution in [3.8, 4) is 0 Å². The quantitative estimate of drug-likeness (QED) is 0.806. The molecule has 0 spiro atoms. The summed E-state index contributed by atoms with van der Waals surface area (Å²) in [5.41, 5.74) is 1.04. The first-order chi connectivity index (χ1) is 12.7. The van der Waals surface area contributed by atoms with Crippen LogP contribution >= 0.6 is 0 Å². The standard InChI is InChI=1S/C20H28O7/c1-19(2)24-11-14(21)17(26-19)16(22)18-15(25-20(3,4)27-18)12-23-10-13-8-6-5-7-9-13/h5-9,15-18,22H,10-12H2,1-4H3/t15-,16+,17+,18+/m1/s1. The molecule has 2 heterocycles. The van der Waals surface area contributed by atoms with Gasteiger partial charge in [0.15, 0.2) is 17.4 Å². The minimum atomic E-state index is -1.19. The number of aliphatic hydroxyl groups excluding tert-OH is 1. The molecule has 0 saturated carbocycles. The van der Waals surface area contributed by atoms with Crippen molar-refractivity contribution in [2.75, 3.05) is 13.2 Å². The second kappa shape index (κ2) is 7.95. The molecule has 0 bridgehead atoms. The predicted molar refractivity (Wildman–Crippen MR) is 95.8 cm³/mol. The SMILES string of the molecule is CC1(C)O[C@H]([C@@H](O)[C@H]2OC(C)(C)OCC2=O)[C@@H](COCc2ccccc2)O1. The number of hydrogen-bond donors (Lipinski definition) is 1. The van der Waals surface area contributed by atoms with Crippen LogP contribution in [-0.2, 0) is 35.1 Å². The van der Waals surface area contributed by atoms with Crippen LogP contribution in [0, 0.1) is 0 Å². The van der Waals surface area contributed by atoms with Crippen LogP contribution in [0.15, 0.2) is 30.3 Å². The van der Waals surface area contributed by atoms with Gasteiger partial charge in [-0.2, -0.15) is 0 Å². The topological polar surface area (TPSA) is 83.5 Å². The summed E-state index contributed by atoms with van der Waals surface area (Å²) in [7, 11) is 0. The van der Waals surface area contributed by atoms with Crippen LogP contribution in [0.3, 0.4) is 0 Å². The zero-order chi connectivity index (χ0) is 19.7. The molecule has 27 heavy (non-hydrogen) atoms. The molecule has 0 radical (unpaired) electrons. The second-order valence-corrected chi connectivity index (χ2v) is 7.82. The first-order valence-electron chi connectivity index (χ1n) is 9.17. The highest BCUT2D eigenvalue weighted by Gasteiger charge is 2.50. The highest BCUT2D eigenvalue weighted by atomic mass is 16.8. The molecule has 7 heteroatoms. The molecule has 1 aromatic rings. The number of aliphatic hydroxyl groups is 1. The van der Waals surface area contributed by atoms with E-state index in [1.54, 1.807) is 27.7 Å². The average Bonchev–Trinajstić information content (AvgIpc) is 2.92. The lowest BCUT2D eigenvalue weighted by molar-refractivity contribution is -0.278. The Labute approximate surface area is 159 Å². The third kappa shape index (κ3) is 5.13. The van der Waals surface area contributed by atoms with Crippen molar-refractivity contribution in [1.82, 2.24) is 0 Å². The highest BCUT2D eigenvalue weighted by molar-refractivity contribution is 5.85. The van der Waals surface area contributed by atoms with E-state index in [-0.39, 0.29) is 19.0 Å². The van der Waals surface area contributed by atoms with E-state index in [1.165, 1.54) is 0 Å². The number of Topliss-reactive ketones (excluding diaryl/α,β-unsaturated/α-hetero) is 1.